The van der Waals surface area contributed by atoms with Crippen LogP contribution in [0.5, 0.6) is 0 Å². The monoisotopic (exact) mass is 954 g/mol. The van der Waals surface area contributed by atoms with E-state index in [1.165, 1.54) is 44.9 Å². The molecule has 0 heterocycles. The van der Waals surface area contributed by atoms with Crippen LogP contribution in [0.2, 0.25) is 0 Å². The van der Waals surface area contributed by atoms with E-state index in [9.17, 15) is 19.0 Å². The summed E-state index contributed by atoms with van der Waals surface area (Å²) < 4.78 is 33.9. The van der Waals surface area contributed by atoms with Gasteiger partial charge in [0.15, 0.2) is 6.10 Å². The van der Waals surface area contributed by atoms with Crippen LogP contribution in [0.4, 0.5) is 0 Å². The molecule has 2 atom stereocenters. The van der Waals surface area contributed by atoms with Crippen molar-refractivity contribution >= 4 is 19.8 Å². The Morgan fingerprint density at radius 3 is 1.27 bits per heavy atom. The average Bonchev–Trinajstić information content (AvgIpc) is 3.29. The Labute approximate surface area is 410 Å². The Bertz CT molecular complexity index is 1500. The third kappa shape index (κ3) is 51.9. The van der Waals surface area contributed by atoms with Crippen molar-refractivity contribution < 1.29 is 42.1 Å². The third-order valence-corrected chi connectivity index (χ3v) is 11.5. The minimum atomic E-state index is -4.64. The summed E-state index contributed by atoms with van der Waals surface area (Å²) in [6, 6.07) is 0. The number of unbranched alkanes of at least 4 members (excludes halogenated alkanes) is 14. The second-order valence-electron chi connectivity index (χ2n) is 18.2. The number of ether oxygens (including phenoxy) is 2. The van der Waals surface area contributed by atoms with Gasteiger partial charge in [0.25, 0.3) is 7.82 Å². The predicted molar refractivity (Wildman–Crippen MR) is 282 cm³/mol. The van der Waals surface area contributed by atoms with Crippen LogP contribution in [0.1, 0.15) is 187 Å². The molecule has 9 nitrogen and oxygen atoms in total. The molecule has 0 aromatic carbocycles. The molecule has 0 radical (unpaired) electrons. The Hall–Kier alpha value is -3.33. The van der Waals surface area contributed by atoms with Crippen molar-refractivity contribution in [3.8, 4) is 0 Å². The van der Waals surface area contributed by atoms with E-state index in [0.29, 0.717) is 17.4 Å². The third-order valence-electron chi connectivity index (χ3n) is 10.6. The van der Waals surface area contributed by atoms with Gasteiger partial charge in [0, 0.05) is 12.8 Å². The zero-order valence-corrected chi connectivity index (χ0v) is 43.9. The van der Waals surface area contributed by atoms with Crippen molar-refractivity contribution in [3.63, 3.8) is 0 Å². The normalized spacial score (nSPS) is 14.3. The highest BCUT2D eigenvalue weighted by Gasteiger charge is 2.21. The molecule has 0 aliphatic heterocycles. The zero-order chi connectivity index (χ0) is 49.2. The minimum Gasteiger partial charge on any atom is -0.756 e. The van der Waals surface area contributed by atoms with Gasteiger partial charge in [0.05, 0.1) is 27.7 Å². The fourth-order valence-corrected chi connectivity index (χ4v) is 7.26. The number of hydrogen-bond donors (Lipinski definition) is 0. The van der Waals surface area contributed by atoms with Crippen LogP contribution in [-0.2, 0) is 32.7 Å². The van der Waals surface area contributed by atoms with Crippen molar-refractivity contribution in [1.29, 1.82) is 0 Å². The lowest BCUT2D eigenvalue weighted by molar-refractivity contribution is -0.870. The van der Waals surface area contributed by atoms with Crippen LogP contribution in [0.15, 0.2) is 109 Å². The summed E-state index contributed by atoms with van der Waals surface area (Å²) in [6.45, 7) is 4.06. The molecule has 10 heteroatoms. The highest BCUT2D eigenvalue weighted by Crippen LogP contribution is 2.38. The molecule has 0 saturated heterocycles. The maximum Gasteiger partial charge on any atom is 0.306 e. The van der Waals surface area contributed by atoms with Gasteiger partial charge in [-0.3, -0.25) is 14.2 Å². The number of phosphoric acid groups is 1. The number of likely N-dealkylation sites (N-methyl/N-ethyl adjacent to an activating group) is 1. The molecule has 67 heavy (non-hydrogen) atoms. The van der Waals surface area contributed by atoms with E-state index in [2.05, 4.69) is 123 Å². The summed E-state index contributed by atoms with van der Waals surface area (Å²) in [5.74, 6) is -0.865. The van der Waals surface area contributed by atoms with Gasteiger partial charge >= 0.3 is 11.9 Å². The maximum atomic E-state index is 12.7. The highest BCUT2D eigenvalue weighted by molar-refractivity contribution is 7.45. The molecule has 382 valence electrons. The first-order valence-electron chi connectivity index (χ1n) is 26.1. The van der Waals surface area contributed by atoms with Crippen LogP contribution in [0, 0.1) is 0 Å². The molecular formula is C57H96NO8P. The SMILES string of the molecule is CC/C=C\C/C=C\C/C=C\C/C=C\C/C=C\C/C=C\C/C=C\C/C=C\C/C=C\CCCCCCCC(=O)OC(COC(=O)CCCCCCCCCCCC)COP(=O)([O-])OCC[N+](C)(C)C. The summed E-state index contributed by atoms with van der Waals surface area (Å²) in [6.07, 6.45) is 65.6. The second-order valence-corrected chi connectivity index (χ2v) is 19.6. The first kappa shape index (κ1) is 63.7. The molecule has 0 aliphatic carbocycles. The van der Waals surface area contributed by atoms with Gasteiger partial charge in [0.1, 0.15) is 19.8 Å². The molecule has 0 fully saturated rings. The number of allylic oxidation sites excluding steroid dienone is 18. The summed E-state index contributed by atoms with van der Waals surface area (Å²) in [5, 5.41) is 0. The Kier molecular flexibility index (Phi) is 45.4. The number of nitrogens with zero attached hydrogens (tertiary/aromatic N) is 1. The van der Waals surface area contributed by atoms with Crippen molar-refractivity contribution in [3.05, 3.63) is 109 Å². The number of hydrogen-bond acceptors (Lipinski definition) is 8. The lowest BCUT2D eigenvalue weighted by atomic mass is 10.1. The van der Waals surface area contributed by atoms with Gasteiger partial charge in [-0.2, -0.15) is 0 Å². The van der Waals surface area contributed by atoms with Crippen molar-refractivity contribution in [2.45, 2.75) is 193 Å². The molecule has 0 spiro atoms. The molecule has 0 N–H and O–H groups in total. The number of esters is 2. The van der Waals surface area contributed by atoms with E-state index in [1.807, 2.05) is 21.1 Å². The standard InChI is InChI=1S/C57H96NO8P/c1-6-8-10-12-14-16-18-19-20-21-22-23-24-25-26-27-28-29-30-31-32-33-34-35-36-37-38-39-40-42-44-46-48-50-57(60)66-55(54-65-67(61,62)64-52-51-58(3,4)5)53-63-56(59)49-47-45-43-41-17-15-13-11-9-7-2/h8,10,14,16,19-20,22-23,25-26,28-29,31-32,34-35,37-38,55H,6-7,9,11-13,15,17-18,21,24,27,30,33,36,39-54H2,1-5H3/b10-8-,16-14-,20-19-,23-22-,26-25-,29-28-,32-31-,35-34-,38-37-. The fraction of sp³-hybridized carbons (Fsp3) is 0.649. The maximum absolute atomic E-state index is 12.7. The smallest absolute Gasteiger partial charge is 0.306 e. The number of quaternary nitrogens is 1. The van der Waals surface area contributed by atoms with Gasteiger partial charge in [-0.1, -0.05) is 200 Å². The van der Waals surface area contributed by atoms with Crippen molar-refractivity contribution in [1.82, 2.24) is 0 Å². The summed E-state index contributed by atoms with van der Waals surface area (Å²) >= 11 is 0. The minimum absolute atomic E-state index is 0.0397. The first-order valence-corrected chi connectivity index (χ1v) is 27.6. The van der Waals surface area contributed by atoms with Crippen LogP contribution in [0.3, 0.4) is 0 Å². The molecule has 0 saturated carbocycles. The number of carbonyl (C=O) groups excluding carboxylic acids is 2. The number of phosphoric ester groups is 1. The molecule has 2 unspecified atom stereocenters. The van der Waals surface area contributed by atoms with Crippen LogP contribution in [0.25, 0.3) is 0 Å². The lowest BCUT2D eigenvalue weighted by Crippen LogP contribution is -2.37. The van der Waals surface area contributed by atoms with E-state index in [1.54, 1.807) is 0 Å². The van der Waals surface area contributed by atoms with E-state index in [0.717, 1.165) is 109 Å². The molecule has 0 aromatic heterocycles. The highest BCUT2D eigenvalue weighted by atomic mass is 31.2. The topological polar surface area (TPSA) is 111 Å². The second kappa shape index (κ2) is 47.7. The van der Waals surface area contributed by atoms with Gasteiger partial charge in [-0.25, -0.2) is 0 Å². The lowest BCUT2D eigenvalue weighted by Gasteiger charge is -2.28. The Balaban J connectivity index is 4.21. The van der Waals surface area contributed by atoms with Crippen molar-refractivity contribution in [2.24, 2.45) is 0 Å². The van der Waals surface area contributed by atoms with E-state index in [4.69, 9.17) is 18.5 Å². The summed E-state index contributed by atoms with van der Waals surface area (Å²) in [5.41, 5.74) is 0. The van der Waals surface area contributed by atoms with Gasteiger partial charge in [0.2, 0.25) is 0 Å². The zero-order valence-electron chi connectivity index (χ0n) is 43.1. The fourth-order valence-electron chi connectivity index (χ4n) is 6.53. The largest absolute Gasteiger partial charge is 0.756 e. The van der Waals surface area contributed by atoms with Crippen molar-refractivity contribution in [2.75, 3.05) is 47.5 Å². The predicted octanol–water partition coefficient (Wildman–Crippen LogP) is 15.2. The number of rotatable bonds is 46. The summed E-state index contributed by atoms with van der Waals surface area (Å²) in [7, 11) is 1.14. The van der Waals surface area contributed by atoms with Gasteiger partial charge in [-0.15, -0.1) is 0 Å². The number of carbonyl (C=O) groups is 2. The van der Waals surface area contributed by atoms with Crippen LogP contribution in [-0.4, -0.2) is 70.0 Å². The average molecular weight is 954 g/mol. The van der Waals surface area contributed by atoms with E-state index >= 15 is 0 Å². The van der Waals surface area contributed by atoms with Crippen LogP contribution >= 0.6 is 7.82 Å². The van der Waals surface area contributed by atoms with Gasteiger partial charge < -0.3 is 27.9 Å². The summed E-state index contributed by atoms with van der Waals surface area (Å²) in [4.78, 5) is 37.6. The van der Waals surface area contributed by atoms with Crippen LogP contribution < -0.4 is 4.89 Å². The Morgan fingerprint density at radius 2 is 0.851 bits per heavy atom. The molecule has 0 rings (SSSR count). The molecule has 0 aromatic rings. The molecule has 0 bridgehead atoms. The van der Waals surface area contributed by atoms with E-state index < -0.39 is 32.5 Å². The molecule has 0 amide bonds. The Morgan fingerprint density at radius 1 is 0.478 bits per heavy atom. The van der Waals surface area contributed by atoms with Gasteiger partial charge in [-0.05, 0) is 83.5 Å². The molecule has 0 aliphatic rings. The van der Waals surface area contributed by atoms with E-state index in [-0.39, 0.29) is 26.1 Å². The first-order chi connectivity index (χ1) is 32.5. The molecular weight excluding hydrogens is 858 g/mol. The quantitative estimate of drug-likeness (QED) is 0.0195.